The quantitative estimate of drug-likeness (QED) is 0.812. The zero-order chi connectivity index (χ0) is 8.97. The Kier molecular flexibility index (Phi) is 5.26. The molecule has 0 spiro atoms. The molecule has 0 aliphatic rings. The molecule has 0 aliphatic carbocycles. The van der Waals surface area contributed by atoms with Gasteiger partial charge in [0.05, 0.1) is 14.2 Å². The van der Waals surface area contributed by atoms with Gasteiger partial charge in [-0.2, -0.15) is 0 Å². The smallest absolute Gasteiger partial charge is 0.127 e. The van der Waals surface area contributed by atoms with Crippen molar-refractivity contribution in [3.8, 4) is 11.5 Å². The van der Waals surface area contributed by atoms with Crippen LogP contribution < -0.4 is 15.2 Å². The largest absolute Gasteiger partial charge is 0.497 e. The Morgan fingerprint density at radius 2 is 1.92 bits per heavy atom. The molecule has 0 bridgehead atoms. The van der Waals surface area contributed by atoms with Crippen molar-refractivity contribution in [2.45, 2.75) is 6.54 Å². The maximum absolute atomic E-state index is 5.50. The Labute approximate surface area is 84.2 Å². The van der Waals surface area contributed by atoms with Crippen molar-refractivity contribution >= 4 is 12.4 Å². The van der Waals surface area contributed by atoms with Crippen molar-refractivity contribution in [2.24, 2.45) is 5.73 Å². The molecule has 13 heavy (non-hydrogen) atoms. The van der Waals surface area contributed by atoms with Gasteiger partial charge in [0, 0.05) is 18.2 Å². The molecule has 0 radical (unpaired) electrons. The van der Waals surface area contributed by atoms with Crippen molar-refractivity contribution < 1.29 is 9.47 Å². The molecule has 1 aromatic rings. The molecule has 0 fully saturated rings. The number of nitrogens with two attached hydrogens (primary N) is 1. The predicted molar refractivity (Wildman–Crippen MR) is 54.7 cm³/mol. The highest BCUT2D eigenvalue weighted by Gasteiger charge is 2.01. The fraction of sp³-hybridized carbons (Fsp3) is 0.333. The molecular weight excluding hydrogens is 190 g/mol. The summed E-state index contributed by atoms with van der Waals surface area (Å²) in [4.78, 5) is 0. The van der Waals surface area contributed by atoms with Gasteiger partial charge in [-0.1, -0.05) is 6.07 Å². The molecule has 0 amide bonds. The highest BCUT2D eigenvalue weighted by atomic mass is 35.5. The van der Waals surface area contributed by atoms with Crippen LogP contribution in [0.25, 0.3) is 0 Å². The van der Waals surface area contributed by atoms with Crippen LogP contribution in [0.2, 0.25) is 0 Å². The summed E-state index contributed by atoms with van der Waals surface area (Å²) in [5.74, 6) is 1.56. The molecule has 3 nitrogen and oxygen atoms in total. The second kappa shape index (κ2) is 5.67. The van der Waals surface area contributed by atoms with Crippen LogP contribution in [0.3, 0.4) is 0 Å². The van der Waals surface area contributed by atoms with E-state index in [2.05, 4.69) is 0 Å². The third kappa shape index (κ3) is 2.79. The second-order valence-electron chi connectivity index (χ2n) is 2.38. The van der Waals surface area contributed by atoms with E-state index in [0.29, 0.717) is 6.54 Å². The molecule has 4 heteroatoms. The Bertz CT molecular complexity index is 266. The standard InChI is InChI=1S/C9H13NO2.ClH/c1-11-8-4-3-7(6-10)9(5-8)12-2;/h3-5H,6,10H2,1-2H3;1H. The Hall–Kier alpha value is -0.930. The number of ether oxygens (including phenoxy) is 2. The molecule has 1 aromatic carbocycles. The minimum Gasteiger partial charge on any atom is -0.497 e. The molecule has 74 valence electrons. The number of benzene rings is 1. The second-order valence-corrected chi connectivity index (χ2v) is 2.38. The van der Waals surface area contributed by atoms with Crippen LogP contribution in [-0.4, -0.2) is 14.2 Å². The molecule has 0 unspecified atom stereocenters. The van der Waals surface area contributed by atoms with Gasteiger partial charge in [0.2, 0.25) is 0 Å². The first kappa shape index (κ1) is 12.1. The summed E-state index contributed by atoms with van der Waals surface area (Å²) in [6.07, 6.45) is 0. The van der Waals surface area contributed by atoms with Crippen LogP contribution in [0.5, 0.6) is 11.5 Å². The van der Waals surface area contributed by atoms with Crippen molar-refractivity contribution in [1.29, 1.82) is 0 Å². The van der Waals surface area contributed by atoms with E-state index in [0.717, 1.165) is 17.1 Å². The normalized spacial score (nSPS) is 8.85. The average Bonchev–Trinajstić information content (AvgIpc) is 2.16. The van der Waals surface area contributed by atoms with Gasteiger partial charge in [0.15, 0.2) is 0 Å². The van der Waals surface area contributed by atoms with Crippen LogP contribution in [0, 0.1) is 0 Å². The third-order valence-corrected chi connectivity index (χ3v) is 1.71. The Balaban J connectivity index is 0.00000144. The fourth-order valence-corrected chi connectivity index (χ4v) is 1.02. The average molecular weight is 204 g/mol. The first-order chi connectivity index (χ1) is 5.81. The van der Waals surface area contributed by atoms with Gasteiger partial charge >= 0.3 is 0 Å². The summed E-state index contributed by atoms with van der Waals surface area (Å²) in [6.45, 7) is 0.479. The summed E-state index contributed by atoms with van der Waals surface area (Å²) < 4.78 is 10.2. The Morgan fingerprint density at radius 1 is 1.23 bits per heavy atom. The minimum atomic E-state index is 0. The predicted octanol–water partition coefficient (Wildman–Crippen LogP) is 1.58. The van der Waals surface area contributed by atoms with E-state index in [-0.39, 0.29) is 12.4 Å². The monoisotopic (exact) mass is 203 g/mol. The molecule has 0 atom stereocenters. The van der Waals surface area contributed by atoms with E-state index in [1.807, 2.05) is 18.2 Å². The van der Waals surface area contributed by atoms with Gasteiger partial charge in [-0.3, -0.25) is 0 Å². The fourth-order valence-electron chi connectivity index (χ4n) is 1.02. The summed E-state index contributed by atoms with van der Waals surface area (Å²) >= 11 is 0. The first-order valence-corrected chi connectivity index (χ1v) is 3.72. The number of halogens is 1. The summed E-state index contributed by atoms with van der Waals surface area (Å²) in [7, 11) is 3.24. The highest BCUT2D eigenvalue weighted by molar-refractivity contribution is 5.85. The number of methoxy groups -OCH3 is 2. The maximum Gasteiger partial charge on any atom is 0.127 e. The van der Waals surface area contributed by atoms with Crippen molar-refractivity contribution in [2.75, 3.05) is 14.2 Å². The number of rotatable bonds is 3. The lowest BCUT2D eigenvalue weighted by molar-refractivity contribution is 0.391. The summed E-state index contributed by atoms with van der Waals surface area (Å²) in [6, 6.07) is 5.59. The molecular formula is C9H14ClNO2. The zero-order valence-corrected chi connectivity index (χ0v) is 8.56. The van der Waals surface area contributed by atoms with Crippen LogP contribution >= 0.6 is 12.4 Å². The molecule has 0 aliphatic heterocycles. The lowest BCUT2D eigenvalue weighted by Gasteiger charge is -2.07. The lowest BCUT2D eigenvalue weighted by atomic mass is 10.2. The van der Waals surface area contributed by atoms with Gasteiger partial charge in [0.25, 0.3) is 0 Å². The van der Waals surface area contributed by atoms with E-state index >= 15 is 0 Å². The number of hydrogen-bond donors (Lipinski definition) is 1. The molecule has 0 aromatic heterocycles. The van der Waals surface area contributed by atoms with E-state index in [4.69, 9.17) is 15.2 Å². The van der Waals surface area contributed by atoms with Crippen molar-refractivity contribution in [3.63, 3.8) is 0 Å². The van der Waals surface area contributed by atoms with E-state index < -0.39 is 0 Å². The molecule has 0 saturated heterocycles. The molecule has 2 N–H and O–H groups in total. The minimum absolute atomic E-state index is 0. The topological polar surface area (TPSA) is 44.5 Å². The maximum atomic E-state index is 5.50. The molecule has 0 saturated carbocycles. The van der Waals surface area contributed by atoms with Crippen LogP contribution in [0.15, 0.2) is 18.2 Å². The van der Waals surface area contributed by atoms with Gasteiger partial charge < -0.3 is 15.2 Å². The molecule has 1 rings (SSSR count). The van der Waals surface area contributed by atoms with Crippen LogP contribution in [0.1, 0.15) is 5.56 Å². The van der Waals surface area contributed by atoms with Gasteiger partial charge in [-0.05, 0) is 6.07 Å². The SMILES string of the molecule is COc1ccc(CN)c(OC)c1.Cl. The van der Waals surface area contributed by atoms with E-state index in [1.165, 1.54) is 0 Å². The summed E-state index contributed by atoms with van der Waals surface area (Å²) in [5, 5.41) is 0. The summed E-state index contributed by atoms with van der Waals surface area (Å²) in [5.41, 5.74) is 6.48. The number of hydrogen-bond acceptors (Lipinski definition) is 3. The van der Waals surface area contributed by atoms with Crippen LogP contribution in [0.4, 0.5) is 0 Å². The highest BCUT2D eigenvalue weighted by Crippen LogP contribution is 2.23. The zero-order valence-electron chi connectivity index (χ0n) is 7.74. The van der Waals surface area contributed by atoms with E-state index in [9.17, 15) is 0 Å². The van der Waals surface area contributed by atoms with E-state index in [1.54, 1.807) is 14.2 Å². The van der Waals surface area contributed by atoms with Crippen molar-refractivity contribution in [1.82, 2.24) is 0 Å². The lowest BCUT2D eigenvalue weighted by Crippen LogP contribution is -1.99. The first-order valence-electron chi connectivity index (χ1n) is 3.72. The van der Waals surface area contributed by atoms with Crippen LogP contribution in [-0.2, 0) is 6.54 Å². The van der Waals surface area contributed by atoms with Gasteiger partial charge in [-0.15, -0.1) is 12.4 Å². The Morgan fingerprint density at radius 3 is 2.38 bits per heavy atom. The van der Waals surface area contributed by atoms with Gasteiger partial charge in [-0.25, -0.2) is 0 Å². The molecule has 0 heterocycles. The van der Waals surface area contributed by atoms with Crippen molar-refractivity contribution in [3.05, 3.63) is 23.8 Å². The third-order valence-electron chi connectivity index (χ3n) is 1.71. The van der Waals surface area contributed by atoms with Gasteiger partial charge in [0.1, 0.15) is 11.5 Å².